The summed E-state index contributed by atoms with van der Waals surface area (Å²) in [6, 6.07) is 57.9. The van der Waals surface area contributed by atoms with Crippen molar-refractivity contribution in [1.82, 2.24) is 9.13 Å². The highest BCUT2D eigenvalue weighted by atomic mass is 15.0. The minimum Gasteiger partial charge on any atom is -0.309 e. The number of hydrogen-bond donors (Lipinski definition) is 0. The van der Waals surface area contributed by atoms with Crippen molar-refractivity contribution in [2.75, 3.05) is 0 Å². The number of hydrogen-bond acceptors (Lipinski definition) is 3. The summed E-state index contributed by atoms with van der Waals surface area (Å²) in [6.45, 7) is 0. The predicted octanol–water partition coefficient (Wildman–Crippen LogP) is 10.8. The summed E-state index contributed by atoms with van der Waals surface area (Å²) in [4.78, 5) is 0. The Hall–Kier alpha value is -7.39. The monoisotopic (exact) mass is 635 g/mol. The fourth-order valence-electron chi connectivity index (χ4n) is 7.46. The quantitative estimate of drug-likeness (QED) is 0.193. The largest absolute Gasteiger partial charge is 0.309 e. The fourth-order valence-corrected chi connectivity index (χ4v) is 7.46. The molecule has 0 amide bonds. The van der Waals surface area contributed by atoms with E-state index in [0.717, 1.165) is 77.2 Å². The second kappa shape index (κ2) is 11.4. The first-order valence-corrected chi connectivity index (χ1v) is 16.3. The van der Waals surface area contributed by atoms with E-state index in [2.05, 4.69) is 94.1 Å². The van der Waals surface area contributed by atoms with Crippen molar-refractivity contribution in [3.8, 4) is 51.8 Å². The first-order valence-electron chi connectivity index (χ1n) is 16.3. The van der Waals surface area contributed by atoms with Crippen LogP contribution in [-0.2, 0) is 0 Å². The van der Waals surface area contributed by atoms with E-state index in [1.165, 1.54) is 0 Å². The van der Waals surface area contributed by atoms with Crippen LogP contribution in [0.4, 0.5) is 0 Å². The molecule has 2 aromatic heterocycles. The Morgan fingerprint density at radius 3 is 1.52 bits per heavy atom. The molecular formula is C45H25N5. The molecule has 0 spiro atoms. The summed E-state index contributed by atoms with van der Waals surface area (Å²) >= 11 is 0. The van der Waals surface area contributed by atoms with Crippen molar-refractivity contribution in [2.45, 2.75) is 0 Å². The van der Waals surface area contributed by atoms with E-state index in [9.17, 15) is 15.8 Å². The zero-order valence-corrected chi connectivity index (χ0v) is 26.7. The molecule has 9 rings (SSSR count). The topological polar surface area (TPSA) is 81.2 Å². The van der Waals surface area contributed by atoms with Gasteiger partial charge in [-0.15, -0.1) is 0 Å². The maximum atomic E-state index is 10.5. The van der Waals surface area contributed by atoms with E-state index in [-0.39, 0.29) is 0 Å². The molecule has 230 valence electrons. The molecule has 7 aromatic carbocycles. The van der Waals surface area contributed by atoms with Crippen LogP contribution in [0.1, 0.15) is 16.7 Å². The lowest BCUT2D eigenvalue weighted by Gasteiger charge is -2.18. The maximum Gasteiger partial charge on any atom is 0.101 e. The second-order valence-corrected chi connectivity index (χ2v) is 12.3. The molecule has 0 aliphatic carbocycles. The molecule has 0 N–H and O–H groups in total. The van der Waals surface area contributed by atoms with Gasteiger partial charge in [-0.2, -0.15) is 15.8 Å². The summed E-state index contributed by atoms with van der Waals surface area (Å²) in [6.07, 6.45) is 0. The zero-order chi connectivity index (χ0) is 33.8. The van der Waals surface area contributed by atoms with Gasteiger partial charge in [0.15, 0.2) is 0 Å². The van der Waals surface area contributed by atoms with E-state index >= 15 is 0 Å². The lowest BCUT2D eigenvalue weighted by molar-refractivity contribution is 1.17. The molecule has 0 fully saturated rings. The molecular weight excluding hydrogens is 611 g/mol. The first-order chi connectivity index (χ1) is 24.7. The second-order valence-electron chi connectivity index (χ2n) is 12.3. The first kappa shape index (κ1) is 28.8. The normalized spacial score (nSPS) is 11.1. The third kappa shape index (κ3) is 4.31. The zero-order valence-electron chi connectivity index (χ0n) is 26.7. The Balaban J connectivity index is 1.23. The number of aromatic nitrogens is 2. The van der Waals surface area contributed by atoms with Gasteiger partial charge >= 0.3 is 0 Å². The molecule has 0 aliphatic rings. The molecule has 0 radical (unpaired) electrons. The lowest BCUT2D eigenvalue weighted by Crippen LogP contribution is -2.01. The van der Waals surface area contributed by atoms with Gasteiger partial charge in [0.2, 0.25) is 0 Å². The predicted molar refractivity (Wildman–Crippen MR) is 200 cm³/mol. The summed E-state index contributed by atoms with van der Waals surface area (Å²) in [5.41, 5.74) is 11.7. The van der Waals surface area contributed by atoms with Crippen LogP contribution in [-0.4, -0.2) is 9.13 Å². The Morgan fingerprint density at radius 2 is 0.900 bits per heavy atom. The van der Waals surface area contributed by atoms with Crippen molar-refractivity contribution >= 4 is 43.6 Å². The van der Waals surface area contributed by atoms with Gasteiger partial charge in [0.25, 0.3) is 0 Å². The molecule has 0 bridgehead atoms. The summed E-state index contributed by atoms with van der Waals surface area (Å²) in [7, 11) is 0. The third-order valence-corrected chi connectivity index (χ3v) is 9.64. The van der Waals surface area contributed by atoms with Crippen LogP contribution in [0.5, 0.6) is 0 Å². The fraction of sp³-hybridized carbons (Fsp3) is 0. The molecule has 0 saturated heterocycles. The van der Waals surface area contributed by atoms with Gasteiger partial charge in [-0.3, -0.25) is 0 Å². The molecule has 0 aliphatic heterocycles. The Morgan fingerprint density at radius 1 is 0.380 bits per heavy atom. The van der Waals surface area contributed by atoms with Crippen molar-refractivity contribution in [1.29, 1.82) is 15.8 Å². The SMILES string of the molecule is N#Cc1ccc2c(c1)c1ccccc1n2-c1ccc(-c2ccccc2-c2cccc(C#N)c2-n2c3ccccc3c3cc(C#N)ccc32)cc1. The number of rotatable bonds is 4. The lowest BCUT2D eigenvalue weighted by atomic mass is 9.92. The standard InChI is InChI=1S/C45H25N5/c46-26-29-16-22-43-39(24-29)36-11-3-5-14-41(36)49(43)33-20-18-31(19-21-33)34-9-1-2-10-35(34)38-13-7-8-32(28-48)45(38)50-42-15-6-4-12-37(42)40-25-30(27-47)17-23-44(40)50/h1-25H. The van der Waals surface area contributed by atoms with Crippen LogP contribution >= 0.6 is 0 Å². The van der Waals surface area contributed by atoms with E-state index < -0.39 is 0 Å². The highest BCUT2D eigenvalue weighted by Crippen LogP contribution is 2.41. The van der Waals surface area contributed by atoms with Gasteiger partial charge in [-0.25, -0.2) is 0 Å². The molecule has 0 saturated carbocycles. The van der Waals surface area contributed by atoms with Gasteiger partial charge in [-0.05, 0) is 83.4 Å². The molecule has 9 aromatic rings. The molecule has 2 heterocycles. The van der Waals surface area contributed by atoms with E-state index in [1.807, 2.05) is 84.9 Å². The van der Waals surface area contributed by atoms with Crippen LogP contribution in [0.2, 0.25) is 0 Å². The van der Waals surface area contributed by atoms with Gasteiger partial charge in [0.1, 0.15) is 6.07 Å². The van der Waals surface area contributed by atoms with E-state index in [0.29, 0.717) is 16.7 Å². The van der Waals surface area contributed by atoms with Crippen LogP contribution in [0.25, 0.3) is 77.2 Å². The Bertz CT molecular complexity index is 2960. The van der Waals surface area contributed by atoms with Crippen molar-refractivity contribution in [3.63, 3.8) is 0 Å². The van der Waals surface area contributed by atoms with E-state index in [1.54, 1.807) is 0 Å². The van der Waals surface area contributed by atoms with Crippen molar-refractivity contribution < 1.29 is 0 Å². The molecule has 0 unspecified atom stereocenters. The Labute approximate surface area is 287 Å². The van der Waals surface area contributed by atoms with E-state index in [4.69, 9.17) is 0 Å². The average molecular weight is 636 g/mol. The highest BCUT2D eigenvalue weighted by molar-refractivity contribution is 6.11. The Kier molecular flexibility index (Phi) is 6.56. The van der Waals surface area contributed by atoms with Gasteiger partial charge in [0, 0.05) is 32.8 Å². The number of fused-ring (bicyclic) bond motifs is 6. The summed E-state index contributed by atoms with van der Waals surface area (Å²) < 4.78 is 4.41. The van der Waals surface area contributed by atoms with Crippen molar-refractivity contribution in [2.24, 2.45) is 0 Å². The number of para-hydroxylation sites is 3. The molecule has 50 heavy (non-hydrogen) atoms. The molecule has 5 nitrogen and oxygen atoms in total. The van der Waals surface area contributed by atoms with Crippen LogP contribution in [0.3, 0.4) is 0 Å². The number of benzene rings is 7. The minimum atomic E-state index is 0.561. The summed E-state index contributed by atoms with van der Waals surface area (Å²) in [5.74, 6) is 0. The average Bonchev–Trinajstić information content (AvgIpc) is 3.69. The van der Waals surface area contributed by atoms with Gasteiger partial charge < -0.3 is 9.13 Å². The smallest absolute Gasteiger partial charge is 0.101 e. The maximum absolute atomic E-state index is 10.5. The minimum absolute atomic E-state index is 0.561. The highest BCUT2D eigenvalue weighted by Gasteiger charge is 2.21. The van der Waals surface area contributed by atoms with Crippen LogP contribution in [0.15, 0.2) is 152 Å². The number of nitriles is 3. The molecule has 5 heteroatoms. The van der Waals surface area contributed by atoms with Gasteiger partial charge in [0.05, 0.1) is 56.6 Å². The van der Waals surface area contributed by atoms with Crippen molar-refractivity contribution in [3.05, 3.63) is 168 Å². The van der Waals surface area contributed by atoms with Gasteiger partial charge in [-0.1, -0.05) is 84.9 Å². The van der Waals surface area contributed by atoms with Crippen LogP contribution in [0, 0.1) is 34.0 Å². The molecule has 0 atom stereocenters. The third-order valence-electron chi connectivity index (χ3n) is 9.64. The summed E-state index contributed by atoms with van der Waals surface area (Å²) in [5, 5.41) is 33.9. The number of nitrogens with zero attached hydrogens (tertiary/aromatic N) is 5. The van der Waals surface area contributed by atoms with Crippen LogP contribution < -0.4 is 0 Å².